The Morgan fingerprint density at radius 2 is 1.86 bits per heavy atom. The Labute approximate surface area is 256 Å². The first-order valence-corrected chi connectivity index (χ1v) is 16.2. The number of hydrogen-bond acceptors (Lipinski definition) is 12. The maximum Gasteiger partial charge on any atom is 0.142 e. The first-order chi connectivity index (χ1) is 20.6. The second-order valence-electron chi connectivity index (χ2n) is 14.3. The molecule has 1 aliphatic carbocycles. The van der Waals surface area contributed by atoms with Gasteiger partial charge in [-0.3, -0.25) is 20.9 Å². The van der Waals surface area contributed by atoms with Crippen molar-refractivity contribution in [2.45, 2.75) is 120 Å². The van der Waals surface area contributed by atoms with Crippen LogP contribution in [0.1, 0.15) is 58.9 Å². The lowest BCUT2D eigenvalue weighted by molar-refractivity contribution is -0.112. The van der Waals surface area contributed by atoms with Crippen molar-refractivity contribution < 1.29 is 19.7 Å². The molecule has 0 aromatic heterocycles. The van der Waals surface area contributed by atoms with E-state index in [1.807, 2.05) is 0 Å². The minimum absolute atomic E-state index is 0.00845. The Hall–Kier alpha value is -1.58. The molecule has 4 unspecified atom stereocenters. The van der Waals surface area contributed by atoms with Crippen LogP contribution in [0.4, 0.5) is 11.4 Å². The maximum atomic E-state index is 11.0. The summed E-state index contributed by atoms with van der Waals surface area (Å²) in [5, 5.41) is 39.4. The van der Waals surface area contributed by atoms with Crippen LogP contribution in [0.5, 0.6) is 0 Å². The van der Waals surface area contributed by atoms with Crippen LogP contribution >= 0.6 is 0 Å². The number of aliphatic hydroxyl groups is 2. The number of hydrogen-bond donors (Lipinski definition) is 8. The number of fused-ring (bicyclic) bond motifs is 2. The van der Waals surface area contributed by atoms with Crippen LogP contribution in [0.2, 0.25) is 0 Å². The van der Waals surface area contributed by atoms with Gasteiger partial charge in [0.1, 0.15) is 24.5 Å². The fraction of sp³-hybridized carbons (Fsp3) is 0.806. The zero-order valence-electron chi connectivity index (χ0n) is 26.4. The zero-order chi connectivity index (χ0) is 30.5. The third kappa shape index (κ3) is 6.29. The number of ether oxygens (including phenoxy) is 2. The SMILES string of the molecule is COCC(C)(C)c1ccc2c(c1)NC(CC[C@H]1C[C@H](N(C[C@H]3O[C@@H](N4CNC5C(N)NCNC54)[C@H](O)[C@@H]3O)C(C)C)C1)N2. The van der Waals surface area contributed by atoms with Crippen LogP contribution in [-0.4, -0.2) is 115 Å². The Bertz CT molecular complexity index is 1100. The molecule has 8 atom stereocenters. The fourth-order valence-corrected chi connectivity index (χ4v) is 7.81. The molecule has 12 heteroatoms. The highest BCUT2D eigenvalue weighted by atomic mass is 16.6. The van der Waals surface area contributed by atoms with Gasteiger partial charge in [0.15, 0.2) is 0 Å². The van der Waals surface area contributed by atoms with Gasteiger partial charge in [0.05, 0.1) is 49.2 Å². The molecule has 5 aliphatic rings. The van der Waals surface area contributed by atoms with Crippen LogP contribution in [0.3, 0.4) is 0 Å². The Morgan fingerprint density at radius 3 is 2.60 bits per heavy atom. The molecule has 0 amide bonds. The molecule has 43 heavy (non-hydrogen) atoms. The van der Waals surface area contributed by atoms with Crippen LogP contribution < -0.4 is 32.3 Å². The van der Waals surface area contributed by atoms with E-state index >= 15 is 0 Å². The average molecular weight is 603 g/mol. The third-order valence-corrected chi connectivity index (χ3v) is 10.5. The van der Waals surface area contributed by atoms with E-state index < -0.39 is 24.5 Å². The number of nitrogens with one attached hydrogen (secondary N) is 5. The monoisotopic (exact) mass is 602 g/mol. The number of nitrogens with two attached hydrogens (primary N) is 1. The Morgan fingerprint density at radius 1 is 1.09 bits per heavy atom. The van der Waals surface area contributed by atoms with Crippen LogP contribution in [0, 0.1) is 5.92 Å². The van der Waals surface area contributed by atoms with Gasteiger partial charge < -0.3 is 36.1 Å². The van der Waals surface area contributed by atoms with E-state index in [9.17, 15) is 10.2 Å². The quantitative estimate of drug-likeness (QED) is 0.178. The van der Waals surface area contributed by atoms with Crippen molar-refractivity contribution in [2.24, 2.45) is 11.7 Å². The third-order valence-electron chi connectivity index (χ3n) is 10.5. The van der Waals surface area contributed by atoms with E-state index in [1.165, 1.54) is 23.4 Å². The molecule has 1 aromatic rings. The molecule has 1 aromatic carbocycles. The van der Waals surface area contributed by atoms with Gasteiger partial charge in [0.2, 0.25) is 0 Å². The van der Waals surface area contributed by atoms with E-state index in [2.05, 4.69) is 82.3 Å². The van der Waals surface area contributed by atoms with Crippen molar-refractivity contribution >= 4 is 11.4 Å². The Kier molecular flexibility index (Phi) is 9.25. The summed E-state index contributed by atoms with van der Waals surface area (Å²) in [6, 6.07) is 7.45. The second-order valence-corrected chi connectivity index (χ2v) is 14.3. The molecule has 4 aliphatic heterocycles. The largest absolute Gasteiger partial charge is 0.387 e. The molecule has 0 spiro atoms. The summed E-state index contributed by atoms with van der Waals surface area (Å²) in [5.74, 6) is 0.685. The van der Waals surface area contributed by atoms with Crippen molar-refractivity contribution in [3.63, 3.8) is 0 Å². The van der Waals surface area contributed by atoms with Crippen molar-refractivity contribution in [1.29, 1.82) is 0 Å². The molecule has 12 nitrogen and oxygen atoms in total. The smallest absolute Gasteiger partial charge is 0.142 e. The lowest BCUT2D eigenvalue weighted by atomic mass is 9.76. The minimum atomic E-state index is -0.973. The van der Waals surface area contributed by atoms with E-state index in [-0.39, 0.29) is 30.0 Å². The van der Waals surface area contributed by atoms with E-state index in [1.54, 1.807) is 7.11 Å². The fourth-order valence-electron chi connectivity index (χ4n) is 7.81. The molecule has 0 radical (unpaired) electrons. The standard InChI is InChI=1S/C31H54N8O4/c1-17(2)38(13-23-26(40)27(41)30(43-23)39-16-35-25-28(32)33-15-34-29(25)39)20-10-18(11-20)6-9-24-36-21-8-7-19(12-22(21)37-24)31(3,4)14-42-5/h7-8,12,17-18,20,23-30,33-37,40-41H,6,9-11,13-16,32H2,1-5H3/t18-,20-,23-,24?,25?,26-,27-,28?,29?,30-/m1/s1. The molecular weight excluding hydrogens is 548 g/mol. The van der Waals surface area contributed by atoms with Gasteiger partial charge in [0.25, 0.3) is 0 Å². The summed E-state index contributed by atoms with van der Waals surface area (Å²) in [6.45, 7) is 11.3. The lowest BCUT2D eigenvalue weighted by Crippen LogP contribution is -2.68. The number of nitrogens with zero attached hydrogens (tertiary/aromatic N) is 2. The zero-order valence-corrected chi connectivity index (χ0v) is 26.4. The van der Waals surface area contributed by atoms with Gasteiger partial charge in [-0.25, -0.2) is 4.90 Å². The molecule has 4 heterocycles. The van der Waals surface area contributed by atoms with Crippen molar-refractivity contribution in [2.75, 3.05) is 44.2 Å². The van der Waals surface area contributed by atoms with Crippen molar-refractivity contribution in [3.05, 3.63) is 23.8 Å². The topological polar surface area (TPSA) is 152 Å². The number of rotatable bonds is 11. The summed E-state index contributed by atoms with van der Waals surface area (Å²) >= 11 is 0. The predicted octanol–water partition coefficient (Wildman–Crippen LogP) is 0.483. The number of aliphatic hydroxyl groups excluding tert-OH is 2. The van der Waals surface area contributed by atoms with Crippen molar-refractivity contribution in [1.82, 2.24) is 25.8 Å². The van der Waals surface area contributed by atoms with Gasteiger partial charge in [-0.15, -0.1) is 0 Å². The second kappa shape index (κ2) is 12.7. The van der Waals surface area contributed by atoms with Crippen LogP contribution in [0.15, 0.2) is 18.2 Å². The highest BCUT2D eigenvalue weighted by molar-refractivity contribution is 5.75. The van der Waals surface area contributed by atoms with Gasteiger partial charge in [0, 0.05) is 37.8 Å². The van der Waals surface area contributed by atoms with Gasteiger partial charge in [-0.1, -0.05) is 19.9 Å². The van der Waals surface area contributed by atoms with E-state index in [0.717, 1.165) is 19.3 Å². The summed E-state index contributed by atoms with van der Waals surface area (Å²) in [4.78, 5) is 4.53. The van der Waals surface area contributed by atoms with Gasteiger partial charge in [-0.2, -0.15) is 0 Å². The number of methoxy groups -OCH3 is 1. The van der Waals surface area contributed by atoms with Crippen molar-refractivity contribution in [3.8, 4) is 0 Å². The highest BCUT2D eigenvalue weighted by Crippen LogP contribution is 2.40. The van der Waals surface area contributed by atoms with E-state index in [0.29, 0.717) is 44.5 Å². The first kappa shape index (κ1) is 31.4. The molecule has 1 saturated carbocycles. The van der Waals surface area contributed by atoms with Gasteiger partial charge >= 0.3 is 0 Å². The minimum Gasteiger partial charge on any atom is -0.387 e. The normalized spacial score (nSPS) is 37.7. The predicted molar refractivity (Wildman–Crippen MR) is 167 cm³/mol. The van der Waals surface area contributed by atoms with Crippen LogP contribution in [-0.2, 0) is 14.9 Å². The number of benzene rings is 1. The summed E-state index contributed by atoms with van der Waals surface area (Å²) < 4.78 is 11.8. The molecule has 3 saturated heterocycles. The molecule has 242 valence electrons. The summed E-state index contributed by atoms with van der Waals surface area (Å²) in [7, 11) is 1.76. The number of anilines is 2. The lowest BCUT2D eigenvalue weighted by Gasteiger charge is -2.46. The van der Waals surface area contributed by atoms with Gasteiger partial charge in [-0.05, 0) is 63.1 Å². The molecular formula is C31H54N8O4. The Balaban J connectivity index is 0.978. The first-order valence-electron chi connectivity index (χ1n) is 16.2. The molecule has 4 fully saturated rings. The average Bonchev–Trinajstić information content (AvgIpc) is 3.63. The highest BCUT2D eigenvalue weighted by Gasteiger charge is 2.52. The summed E-state index contributed by atoms with van der Waals surface area (Å²) in [6.07, 6.45) is 1.62. The molecule has 0 bridgehead atoms. The van der Waals surface area contributed by atoms with E-state index in [4.69, 9.17) is 15.2 Å². The maximum absolute atomic E-state index is 11.0. The summed E-state index contributed by atoms with van der Waals surface area (Å²) in [5.41, 5.74) is 9.84. The molecule has 6 rings (SSSR count). The van der Waals surface area contributed by atoms with Crippen LogP contribution in [0.25, 0.3) is 0 Å². The molecule has 9 N–H and O–H groups in total.